The summed E-state index contributed by atoms with van der Waals surface area (Å²) in [4.78, 5) is 29.5. The molecule has 5 rings (SSSR count). The Kier molecular flexibility index (Phi) is 7.44. The predicted octanol–water partition coefficient (Wildman–Crippen LogP) is 3.79. The molecule has 0 bridgehead atoms. The standard InChI is InChI=1S/C29H27N5O5/c1-19-17-34(28(37)31-26(19)36)27-25(35)24(32-33-30)23(39-27)18-38-29(20-11-5-2-6-12-20,21-13-7-3-8-14-21)22-15-9-4-10-16-22/h2-17,23-25,27,35H,18H2,1H3,(H,31,36,37). The maximum absolute atomic E-state index is 12.5. The first kappa shape index (κ1) is 26.1. The normalized spacial score (nSPS) is 20.9. The number of aromatic nitrogens is 2. The molecule has 2 N–H and O–H groups in total. The van der Waals surface area contributed by atoms with Crippen molar-refractivity contribution < 1.29 is 14.6 Å². The number of nitrogens with zero attached hydrogens (tertiary/aromatic N) is 4. The maximum atomic E-state index is 12.5. The van der Waals surface area contributed by atoms with E-state index in [0.29, 0.717) is 0 Å². The Hall–Kier alpha value is -4.47. The molecule has 0 spiro atoms. The van der Waals surface area contributed by atoms with Crippen molar-refractivity contribution in [1.82, 2.24) is 9.55 Å². The number of rotatable bonds is 8. The molecule has 3 aromatic carbocycles. The third-order valence-electron chi connectivity index (χ3n) is 6.95. The largest absolute Gasteiger partial charge is 0.388 e. The van der Waals surface area contributed by atoms with E-state index in [1.807, 2.05) is 91.0 Å². The highest BCUT2D eigenvalue weighted by molar-refractivity contribution is 5.47. The Labute approximate surface area is 223 Å². The molecule has 0 amide bonds. The van der Waals surface area contributed by atoms with Crippen LogP contribution in [0.15, 0.2) is 112 Å². The first-order valence-corrected chi connectivity index (χ1v) is 12.5. The summed E-state index contributed by atoms with van der Waals surface area (Å²) in [5.74, 6) is 0. The van der Waals surface area contributed by atoms with Crippen LogP contribution in [0.5, 0.6) is 0 Å². The number of benzene rings is 3. The third-order valence-corrected chi connectivity index (χ3v) is 6.95. The minimum atomic E-state index is -1.36. The number of H-pyrrole nitrogens is 1. The minimum Gasteiger partial charge on any atom is -0.388 e. The summed E-state index contributed by atoms with van der Waals surface area (Å²) in [6, 6.07) is 28.1. The Morgan fingerprint density at radius 2 is 1.49 bits per heavy atom. The van der Waals surface area contributed by atoms with Gasteiger partial charge in [-0.3, -0.25) is 14.3 Å². The van der Waals surface area contributed by atoms with E-state index < -0.39 is 41.3 Å². The van der Waals surface area contributed by atoms with Gasteiger partial charge in [0.05, 0.1) is 18.8 Å². The molecule has 10 heteroatoms. The van der Waals surface area contributed by atoms with Gasteiger partial charge in [-0.2, -0.15) is 0 Å². The summed E-state index contributed by atoms with van der Waals surface area (Å²) in [6.07, 6.45) is -2.16. The summed E-state index contributed by atoms with van der Waals surface area (Å²) in [6.45, 7) is 1.45. The Balaban J connectivity index is 1.57. The fourth-order valence-corrected chi connectivity index (χ4v) is 5.05. The first-order valence-electron chi connectivity index (χ1n) is 12.5. The van der Waals surface area contributed by atoms with Crippen molar-refractivity contribution in [1.29, 1.82) is 0 Å². The van der Waals surface area contributed by atoms with Gasteiger partial charge in [-0.15, -0.1) is 0 Å². The number of ether oxygens (including phenoxy) is 2. The monoisotopic (exact) mass is 525 g/mol. The molecule has 1 aliphatic heterocycles. The molecule has 0 aliphatic carbocycles. The molecule has 0 saturated carbocycles. The molecule has 2 heterocycles. The highest BCUT2D eigenvalue weighted by Crippen LogP contribution is 2.42. The second-order valence-corrected chi connectivity index (χ2v) is 9.32. The third kappa shape index (κ3) is 4.89. The summed E-state index contributed by atoms with van der Waals surface area (Å²) >= 11 is 0. The smallest absolute Gasteiger partial charge is 0.330 e. The number of aryl methyl sites for hydroxylation is 1. The van der Waals surface area contributed by atoms with Crippen molar-refractivity contribution in [2.24, 2.45) is 5.11 Å². The van der Waals surface area contributed by atoms with Gasteiger partial charge < -0.3 is 14.6 Å². The Morgan fingerprint density at radius 1 is 0.974 bits per heavy atom. The number of hydrogen-bond donors (Lipinski definition) is 2. The van der Waals surface area contributed by atoms with Crippen molar-refractivity contribution >= 4 is 0 Å². The highest BCUT2D eigenvalue weighted by Gasteiger charge is 2.47. The van der Waals surface area contributed by atoms with Crippen molar-refractivity contribution in [3.05, 3.63) is 151 Å². The Bertz CT molecular complexity index is 1490. The van der Waals surface area contributed by atoms with Crippen LogP contribution in [0.1, 0.15) is 28.5 Å². The fourth-order valence-electron chi connectivity index (χ4n) is 5.05. The van der Waals surface area contributed by atoms with Gasteiger partial charge >= 0.3 is 5.69 Å². The van der Waals surface area contributed by atoms with Crippen LogP contribution in [0, 0.1) is 6.92 Å². The van der Waals surface area contributed by atoms with Crippen LogP contribution < -0.4 is 11.2 Å². The lowest BCUT2D eigenvalue weighted by molar-refractivity contribution is -0.0884. The van der Waals surface area contributed by atoms with Gasteiger partial charge in [-0.05, 0) is 29.1 Å². The number of aromatic amines is 1. The summed E-state index contributed by atoms with van der Waals surface area (Å²) in [7, 11) is 0. The molecular weight excluding hydrogens is 498 g/mol. The lowest BCUT2D eigenvalue weighted by atomic mass is 9.80. The molecule has 0 radical (unpaired) electrons. The summed E-state index contributed by atoms with van der Waals surface area (Å²) in [5, 5.41) is 14.9. The average molecular weight is 526 g/mol. The number of hydrogen-bond acceptors (Lipinski definition) is 6. The van der Waals surface area contributed by atoms with Gasteiger partial charge in [0.15, 0.2) is 6.23 Å². The number of aliphatic hydroxyl groups is 1. The number of azide groups is 1. The molecule has 4 atom stereocenters. The van der Waals surface area contributed by atoms with E-state index in [1.54, 1.807) is 0 Å². The molecule has 39 heavy (non-hydrogen) atoms. The molecule has 4 unspecified atom stereocenters. The molecular formula is C29H27N5O5. The zero-order valence-corrected chi connectivity index (χ0v) is 21.1. The summed E-state index contributed by atoms with van der Waals surface area (Å²) < 4.78 is 14.0. The number of aliphatic hydroxyl groups excluding tert-OH is 1. The van der Waals surface area contributed by atoms with E-state index in [1.165, 1.54) is 13.1 Å². The van der Waals surface area contributed by atoms with E-state index in [4.69, 9.17) is 9.47 Å². The van der Waals surface area contributed by atoms with E-state index in [-0.39, 0.29) is 12.2 Å². The second kappa shape index (κ2) is 11.1. The minimum absolute atomic E-state index is 0.0903. The van der Waals surface area contributed by atoms with Crippen LogP contribution in [-0.2, 0) is 15.1 Å². The zero-order chi connectivity index (χ0) is 27.4. The van der Waals surface area contributed by atoms with Gasteiger partial charge in [-0.25, -0.2) is 4.79 Å². The van der Waals surface area contributed by atoms with E-state index in [9.17, 15) is 20.2 Å². The molecule has 1 saturated heterocycles. The SMILES string of the molecule is Cc1cn(C2OC(COC(c3ccccc3)(c3ccccc3)c3ccccc3)C(N=[N+]=[N-])C2O)c(=O)[nH]c1=O. The van der Waals surface area contributed by atoms with E-state index >= 15 is 0 Å². The molecule has 10 nitrogen and oxygen atoms in total. The molecule has 4 aromatic rings. The molecule has 1 fully saturated rings. The van der Waals surface area contributed by atoms with Gasteiger partial charge in [0.2, 0.25) is 0 Å². The maximum Gasteiger partial charge on any atom is 0.330 e. The van der Waals surface area contributed by atoms with Gasteiger partial charge in [0, 0.05) is 16.7 Å². The Morgan fingerprint density at radius 3 is 1.97 bits per heavy atom. The van der Waals surface area contributed by atoms with Crippen LogP contribution in [-0.4, -0.2) is 39.5 Å². The van der Waals surface area contributed by atoms with Crippen LogP contribution in [0.3, 0.4) is 0 Å². The van der Waals surface area contributed by atoms with Gasteiger partial charge in [0.1, 0.15) is 11.7 Å². The highest BCUT2D eigenvalue weighted by atomic mass is 16.6. The van der Waals surface area contributed by atoms with Crippen LogP contribution >= 0.6 is 0 Å². The van der Waals surface area contributed by atoms with Crippen LogP contribution in [0.25, 0.3) is 10.4 Å². The predicted molar refractivity (Wildman–Crippen MR) is 144 cm³/mol. The van der Waals surface area contributed by atoms with Crippen molar-refractivity contribution in [2.75, 3.05) is 6.61 Å². The topological polar surface area (TPSA) is 142 Å². The van der Waals surface area contributed by atoms with E-state index in [2.05, 4.69) is 15.0 Å². The average Bonchev–Trinajstić information content (AvgIpc) is 3.27. The van der Waals surface area contributed by atoms with Crippen molar-refractivity contribution in [3.8, 4) is 0 Å². The second-order valence-electron chi connectivity index (χ2n) is 9.32. The molecule has 1 aromatic heterocycles. The van der Waals surface area contributed by atoms with Crippen LogP contribution in [0.4, 0.5) is 0 Å². The summed E-state index contributed by atoms with van der Waals surface area (Å²) in [5.41, 5.74) is 9.77. The van der Waals surface area contributed by atoms with Crippen molar-refractivity contribution in [2.45, 2.75) is 37.0 Å². The lowest BCUT2D eigenvalue weighted by Gasteiger charge is -2.37. The van der Waals surface area contributed by atoms with Gasteiger partial charge in [-0.1, -0.05) is 96.1 Å². The van der Waals surface area contributed by atoms with Gasteiger partial charge in [0.25, 0.3) is 5.56 Å². The van der Waals surface area contributed by atoms with E-state index in [0.717, 1.165) is 21.3 Å². The van der Waals surface area contributed by atoms with Crippen LogP contribution in [0.2, 0.25) is 0 Å². The van der Waals surface area contributed by atoms with Crippen molar-refractivity contribution in [3.63, 3.8) is 0 Å². The molecule has 1 aliphatic rings. The lowest BCUT2D eigenvalue weighted by Crippen LogP contribution is -2.39. The quantitative estimate of drug-likeness (QED) is 0.156. The number of nitrogens with one attached hydrogen (secondary N) is 1. The molecule has 198 valence electrons. The fraction of sp³-hybridized carbons (Fsp3) is 0.241. The zero-order valence-electron chi connectivity index (χ0n) is 21.1. The first-order chi connectivity index (χ1) is 19.0.